The van der Waals surface area contributed by atoms with Crippen molar-refractivity contribution in [2.75, 3.05) is 11.1 Å². The van der Waals surface area contributed by atoms with E-state index in [-0.39, 0.29) is 17.2 Å². The lowest BCUT2D eigenvalue weighted by Gasteiger charge is -2.09. The number of fused-ring (bicyclic) bond motifs is 3. The summed E-state index contributed by atoms with van der Waals surface area (Å²) >= 11 is 8.88. The van der Waals surface area contributed by atoms with Crippen molar-refractivity contribution in [1.82, 2.24) is 19.2 Å². The van der Waals surface area contributed by atoms with Crippen LogP contribution in [0, 0.1) is 6.92 Å². The van der Waals surface area contributed by atoms with Crippen LogP contribution in [0.3, 0.4) is 0 Å². The molecule has 0 spiro atoms. The van der Waals surface area contributed by atoms with Gasteiger partial charge in [-0.25, -0.2) is 0 Å². The molecule has 156 valence electrons. The summed E-state index contributed by atoms with van der Waals surface area (Å²) < 4.78 is 4.20. The highest BCUT2D eigenvalue weighted by molar-refractivity contribution is 7.99. The van der Waals surface area contributed by atoms with E-state index < -0.39 is 0 Å². The number of aryl methyl sites for hydroxylation is 2. The molecule has 1 aromatic carbocycles. The lowest BCUT2D eigenvalue weighted by molar-refractivity contribution is -0.113. The highest BCUT2D eigenvalue weighted by Gasteiger charge is 2.18. The minimum atomic E-state index is -0.191. The Morgan fingerprint density at radius 1 is 1.30 bits per heavy atom. The van der Waals surface area contributed by atoms with Crippen molar-refractivity contribution in [3.8, 4) is 0 Å². The number of nitrogens with zero attached hydrogens (tertiary/aromatic N) is 4. The minimum absolute atomic E-state index is 0.0448. The maximum atomic E-state index is 12.9. The topological polar surface area (TPSA) is 81.3 Å². The Kier molecular flexibility index (Phi) is 6.12. The van der Waals surface area contributed by atoms with Gasteiger partial charge in [0.25, 0.3) is 5.56 Å². The van der Waals surface area contributed by atoms with Crippen LogP contribution in [-0.2, 0) is 11.3 Å². The van der Waals surface area contributed by atoms with E-state index in [4.69, 9.17) is 11.6 Å². The predicted octanol–water partition coefficient (Wildman–Crippen LogP) is 4.60. The summed E-state index contributed by atoms with van der Waals surface area (Å²) in [6.07, 6.45) is 1.85. The summed E-state index contributed by atoms with van der Waals surface area (Å²) in [5.74, 6) is 0.456. The number of hydrogen-bond acceptors (Lipinski definition) is 6. The Labute approximate surface area is 186 Å². The van der Waals surface area contributed by atoms with Crippen LogP contribution in [0.4, 0.5) is 5.69 Å². The number of halogens is 1. The monoisotopic (exact) mass is 461 g/mol. The van der Waals surface area contributed by atoms with Crippen molar-refractivity contribution in [3.05, 3.63) is 50.6 Å². The lowest BCUT2D eigenvalue weighted by atomic mass is 10.2. The first-order valence-corrected chi connectivity index (χ1v) is 11.8. The average Bonchev–Trinajstić information content (AvgIpc) is 3.35. The van der Waals surface area contributed by atoms with Crippen LogP contribution in [0.5, 0.6) is 0 Å². The second-order valence-corrected chi connectivity index (χ2v) is 9.15. The molecule has 0 aliphatic heterocycles. The molecule has 0 aliphatic carbocycles. The number of aromatic nitrogens is 4. The second kappa shape index (κ2) is 8.79. The molecular weight excluding hydrogens is 442 g/mol. The van der Waals surface area contributed by atoms with Crippen LogP contribution in [0.15, 0.2) is 39.6 Å². The van der Waals surface area contributed by atoms with Gasteiger partial charge in [0.1, 0.15) is 4.70 Å². The zero-order valence-corrected chi connectivity index (χ0v) is 18.9. The van der Waals surface area contributed by atoms with E-state index >= 15 is 0 Å². The fraction of sp³-hybridized carbons (Fsp3) is 0.300. The molecule has 0 aliphatic rings. The molecule has 1 N–H and O–H groups in total. The van der Waals surface area contributed by atoms with Gasteiger partial charge in [-0.2, -0.15) is 0 Å². The molecule has 0 saturated carbocycles. The zero-order valence-electron chi connectivity index (χ0n) is 16.5. The maximum Gasteiger partial charge on any atom is 0.272 e. The number of thiophene rings is 1. The molecule has 3 aromatic heterocycles. The highest BCUT2D eigenvalue weighted by atomic mass is 35.5. The van der Waals surface area contributed by atoms with Crippen LogP contribution in [-0.4, -0.2) is 30.8 Å². The Morgan fingerprint density at radius 3 is 2.90 bits per heavy atom. The van der Waals surface area contributed by atoms with Crippen LogP contribution in [0.25, 0.3) is 16.0 Å². The third-order valence-electron chi connectivity index (χ3n) is 4.65. The van der Waals surface area contributed by atoms with Gasteiger partial charge in [0.2, 0.25) is 11.7 Å². The standard InChI is InChI=1S/C20H20ClN5O2S2/c1-3-4-8-25-18(28)17-15(7-9-29-17)26-19(25)23-24-20(26)30-11-16(27)22-14-6-5-12(2)10-13(14)21/h5-7,9-10H,3-4,8,11H2,1-2H3,(H,22,27). The molecule has 0 unspecified atom stereocenters. The summed E-state index contributed by atoms with van der Waals surface area (Å²) in [5, 5.41) is 14.3. The van der Waals surface area contributed by atoms with E-state index in [1.165, 1.54) is 23.1 Å². The van der Waals surface area contributed by atoms with Gasteiger partial charge >= 0.3 is 0 Å². The summed E-state index contributed by atoms with van der Waals surface area (Å²) in [7, 11) is 0. The van der Waals surface area contributed by atoms with Crippen molar-refractivity contribution < 1.29 is 4.79 Å². The average molecular weight is 462 g/mol. The fourth-order valence-electron chi connectivity index (χ4n) is 3.15. The Bertz CT molecular complexity index is 1290. The number of amides is 1. The van der Waals surface area contributed by atoms with Crippen molar-refractivity contribution in [3.63, 3.8) is 0 Å². The van der Waals surface area contributed by atoms with Gasteiger partial charge in [-0.05, 0) is 42.5 Å². The van der Waals surface area contributed by atoms with Crippen LogP contribution in [0.1, 0.15) is 25.3 Å². The molecule has 0 radical (unpaired) electrons. The van der Waals surface area contributed by atoms with Crippen molar-refractivity contribution >= 4 is 62.3 Å². The van der Waals surface area contributed by atoms with Crippen molar-refractivity contribution in [1.29, 1.82) is 0 Å². The fourth-order valence-corrected chi connectivity index (χ4v) is 5.00. The summed E-state index contributed by atoms with van der Waals surface area (Å²) in [5.41, 5.74) is 2.32. The van der Waals surface area contributed by atoms with E-state index in [9.17, 15) is 9.59 Å². The number of anilines is 1. The second-order valence-electron chi connectivity index (χ2n) is 6.88. The zero-order chi connectivity index (χ0) is 21.3. The van der Waals surface area contributed by atoms with Gasteiger partial charge in [-0.15, -0.1) is 21.5 Å². The molecule has 4 rings (SSSR count). The highest BCUT2D eigenvalue weighted by Crippen LogP contribution is 2.26. The maximum absolute atomic E-state index is 12.9. The molecule has 0 fully saturated rings. The molecule has 3 heterocycles. The van der Waals surface area contributed by atoms with Crippen molar-refractivity contribution in [2.45, 2.75) is 38.4 Å². The molecular formula is C20H20ClN5O2S2. The smallest absolute Gasteiger partial charge is 0.272 e. The number of benzene rings is 1. The van der Waals surface area contributed by atoms with E-state index in [0.717, 1.165) is 23.9 Å². The van der Waals surface area contributed by atoms with Gasteiger partial charge in [0, 0.05) is 6.54 Å². The first-order valence-electron chi connectivity index (χ1n) is 9.53. The van der Waals surface area contributed by atoms with Crippen molar-refractivity contribution in [2.24, 2.45) is 0 Å². The van der Waals surface area contributed by atoms with E-state index in [0.29, 0.717) is 32.9 Å². The molecule has 30 heavy (non-hydrogen) atoms. The number of unbranched alkanes of at least 4 members (excludes halogenated alkanes) is 1. The summed E-state index contributed by atoms with van der Waals surface area (Å²) in [6, 6.07) is 7.37. The minimum Gasteiger partial charge on any atom is -0.324 e. The SMILES string of the molecule is CCCCn1c(=O)c2sccc2n2c(SCC(=O)Nc3ccc(C)cc3Cl)nnc12. The number of thioether (sulfide) groups is 1. The predicted molar refractivity (Wildman–Crippen MR) is 123 cm³/mol. The number of carbonyl (C=O) groups is 1. The number of hydrogen-bond donors (Lipinski definition) is 1. The Morgan fingerprint density at radius 2 is 2.13 bits per heavy atom. The number of carbonyl (C=O) groups excluding carboxylic acids is 1. The van der Waals surface area contributed by atoms with Gasteiger partial charge in [0.05, 0.1) is 22.0 Å². The summed E-state index contributed by atoms with van der Waals surface area (Å²) in [4.78, 5) is 25.3. The van der Waals surface area contributed by atoms with Gasteiger partial charge < -0.3 is 5.32 Å². The molecule has 1 amide bonds. The van der Waals surface area contributed by atoms with Gasteiger partial charge in [0.15, 0.2) is 5.16 Å². The van der Waals surface area contributed by atoms with Gasteiger partial charge in [-0.1, -0.05) is 42.8 Å². The molecule has 4 aromatic rings. The number of nitrogens with one attached hydrogen (secondary N) is 1. The number of rotatable bonds is 7. The first-order chi connectivity index (χ1) is 14.5. The normalized spacial score (nSPS) is 11.4. The molecule has 7 nitrogen and oxygen atoms in total. The molecule has 0 saturated heterocycles. The molecule has 0 bridgehead atoms. The lowest BCUT2D eigenvalue weighted by Crippen LogP contribution is -2.22. The van der Waals surface area contributed by atoms with E-state index in [2.05, 4.69) is 22.4 Å². The molecule has 0 atom stereocenters. The van der Waals surface area contributed by atoms with Crippen LogP contribution in [0.2, 0.25) is 5.02 Å². The van der Waals surface area contributed by atoms with Crippen LogP contribution < -0.4 is 10.9 Å². The van der Waals surface area contributed by atoms with E-state index in [1.807, 2.05) is 28.8 Å². The van der Waals surface area contributed by atoms with Gasteiger partial charge in [-0.3, -0.25) is 18.6 Å². The largest absolute Gasteiger partial charge is 0.324 e. The first kappa shape index (κ1) is 20.9. The van der Waals surface area contributed by atoms with E-state index in [1.54, 1.807) is 16.7 Å². The van der Waals surface area contributed by atoms with Crippen LogP contribution >= 0.6 is 34.7 Å². The third kappa shape index (κ3) is 3.97. The summed E-state index contributed by atoms with van der Waals surface area (Å²) in [6.45, 7) is 4.60. The third-order valence-corrected chi connectivity index (χ3v) is 6.78. The Balaban J connectivity index is 1.61. The molecule has 10 heteroatoms. The Hall–Kier alpha value is -2.36. The quantitative estimate of drug-likeness (QED) is 0.407.